The van der Waals surface area contributed by atoms with E-state index in [2.05, 4.69) is 20.6 Å². The minimum Gasteiger partial charge on any atom is -0.344 e. The maximum atomic E-state index is 12.8. The van der Waals surface area contributed by atoms with E-state index in [0.29, 0.717) is 0 Å². The quantitative estimate of drug-likeness (QED) is 0.844. The van der Waals surface area contributed by atoms with Crippen LogP contribution >= 0.6 is 0 Å². The van der Waals surface area contributed by atoms with Crippen molar-refractivity contribution in [2.45, 2.75) is 60.5 Å². The summed E-state index contributed by atoms with van der Waals surface area (Å²) in [5.41, 5.74) is -0.858. The molecule has 0 bridgehead atoms. The first kappa shape index (κ1) is 20.7. The first-order valence-electron chi connectivity index (χ1n) is 8.21. The van der Waals surface area contributed by atoms with Crippen LogP contribution in [0.3, 0.4) is 0 Å². The van der Waals surface area contributed by atoms with Gasteiger partial charge < -0.3 is 10.6 Å². The van der Waals surface area contributed by atoms with E-state index >= 15 is 0 Å². The highest BCUT2D eigenvalue weighted by Crippen LogP contribution is 2.23. The van der Waals surface area contributed by atoms with Crippen molar-refractivity contribution >= 4 is 17.6 Å². The molecule has 0 saturated heterocycles. The zero-order valence-electron chi connectivity index (χ0n) is 16.0. The Morgan fingerprint density at radius 3 is 1.88 bits per heavy atom. The van der Waals surface area contributed by atoms with Crippen LogP contribution in [0.4, 0.5) is 0 Å². The van der Waals surface area contributed by atoms with Crippen LogP contribution in [0.1, 0.15) is 59.0 Å². The van der Waals surface area contributed by atoms with E-state index in [0.717, 1.165) is 0 Å². The fraction of sp³-hybridized carbons (Fsp3) is 0.611. The average Bonchev–Trinajstić information content (AvgIpc) is 2.48. The molecule has 1 aromatic rings. The molecule has 2 N–H and O–H groups in total. The first-order valence-corrected chi connectivity index (χ1v) is 8.21. The summed E-state index contributed by atoms with van der Waals surface area (Å²) in [7, 11) is 0. The lowest BCUT2D eigenvalue weighted by Gasteiger charge is -2.35. The standard InChI is InChI=1S/C18H28N4O3/c1-11(23)13(17(2,3)4)21-16(25)14(18(5,6)7)22-15(24)12-10-19-8-9-20-12/h8-10,13-14H,1-7H3,(H,21,25)(H,22,24). The maximum Gasteiger partial charge on any atom is 0.272 e. The molecule has 138 valence electrons. The second kappa shape index (κ2) is 7.72. The number of Topliss-reactive ketones (excluding diaryl/α,β-unsaturated/α-hetero) is 1. The van der Waals surface area contributed by atoms with E-state index in [4.69, 9.17) is 0 Å². The van der Waals surface area contributed by atoms with Gasteiger partial charge in [0.15, 0.2) is 5.78 Å². The Labute approximate surface area is 149 Å². The highest BCUT2D eigenvalue weighted by molar-refractivity contribution is 5.97. The molecule has 1 heterocycles. The van der Waals surface area contributed by atoms with Gasteiger partial charge in [0, 0.05) is 12.4 Å². The Morgan fingerprint density at radius 2 is 1.48 bits per heavy atom. The summed E-state index contributed by atoms with van der Waals surface area (Å²) < 4.78 is 0. The number of aromatic nitrogens is 2. The van der Waals surface area contributed by atoms with Crippen molar-refractivity contribution in [2.24, 2.45) is 10.8 Å². The molecule has 0 spiro atoms. The molecule has 0 fully saturated rings. The summed E-state index contributed by atoms with van der Waals surface area (Å²) in [6.45, 7) is 12.6. The Hall–Kier alpha value is -2.31. The van der Waals surface area contributed by atoms with Gasteiger partial charge in [-0.25, -0.2) is 4.98 Å². The molecule has 25 heavy (non-hydrogen) atoms. The highest BCUT2D eigenvalue weighted by atomic mass is 16.2. The third-order valence-electron chi connectivity index (χ3n) is 3.76. The van der Waals surface area contributed by atoms with Crippen molar-refractivity contribution < 1.29 is 14.4 Å². The number of hydrogen-bond donors (Lipinski definition) is 2. The number of amides is 2. The molecule has 2 unspecified atom stereocenters. The normalized spacial score (nSPS) is 14.4. The number of rotatable bonds is 5. The highest BCUT2D eigenvalue weighted by Gasteiger charge is 2.37. The molecular formula is C18H28N4O3. The average molecular weight is 348 g/mol. The monoisotopic (exact) mass is 348 g/mol. The minimum absolute atomic E-state index is 0.128. The topological polar surface area (TPSA) is 101 Å². The van der Waals surface area contributed by atoms with Crippen molar-refractivity contribution in [1.29, 1.82) is 0 Å². The van der Waals surface area contributed by atoms with Gasteiger partial charge in [0.1, 0.15) is 11.7 Å². The summed E-state index contributed by atoms with van der Waals surface area (Å²) in [5.74, 6) is -1.02. The van der Waals surface area contributed by atoms with Crippen LogP contribution in [0, 0.1) is 10.8 Å². The van der Waals surface area contributed by atoms with Gasteiger partial charge in [0.2, 0.25) is 5.91 Å². The molecule has 2 amide bonds. The SMILES string of the molecule is CC(=O)C(NC(=O)C(NC(=O)c1cnccn1)C(C)(C)C)C(C)(C)C. The molecule has 0 aliphatic rings. The van der Waals surface area contributed by atoms with Gasteiger partial charge in [0.05, 0.1) is 12.2 Å². The van der Waals surface area contributed by atoms with Crippen LogP contribution in [-0.4, -0.2) is 39.6 Å². The third-order valence-corrected chi connectivity index (χ3v) is 3.76. The predicted octanol–water partition coefficient (Wildman–Crippen LogP) is 1.74. The zero-order valence-corrected chi connectivity index (χ0v) is 16.0. The Kier molecular flexibility index (Phi) is 6.40. The van der Waals surface area contributed by atoms with Gasteiger partial charge >= 0.3 is 0 Å². The number of nitrogens with zero attached hydrogens (tertiary/aromatic N) is 2. The summed E-state index contributed by atoms with van der Waals surface area (Å²) in [4.78, 5) is 44.9. The van der Waals surface area contributed by atoms with Crippen LogP contribution in [0.5, 0.6) is 0 Å². The van der Waals surface area contributed by atoms with Gasteiger partial charge in [0.25, 0.3) is 5.91 Å². The fourth-order valence-electron chi connectivity index (χ4n) is 2.45. The minimum atomic E-state index is -0.828. The Bertz CT molecular complexity index is 630. The number of ketones is 1. The van der Waals surface area contributed by atoms with Gasteiger partial charge in [-0.05, 0) is 17.8 Å². The van der Waals surface area contributed by atoms with Gasteiger partial charge in [-0.2, -0.15) is 0 Å². The second-order valence-corrected chi connectivity index (χ2v) is 8.28. The number of carbonyl (C=O) groups excluding carboxylic acids is 3. The second-order valence-electron chi connectivity index (χ2n) is 8.28. The molecule has 0 aliphatic carbocycles. The zero-order chi connectivity index (χ0) is 19.4. The Balaban J connectivity index is 3.01. The molecular weight excluding hydrogens is 320 g/mol. The van der Waals surface area contributed by atoms with Crippen LogP contribution in [0.25, 0.3) is 0 Å². The van der Waals surface area contributed by atoms with E-state index < -0.39 is 34.7 Å². The molecule has 2 atom stereocenters. The van der Waals surface area contributed by atoms with Crippen molar-refractivity contribution in [1.82, 2.24) is 20.6 Å². The van der Waals surface area contributed by atoms with Crippen molar-refractivity contribution in [2.75, 3.05) is 0 Å². The van der Waals surface area contributed by atoms with Gasteiger partial charge in [-0.3, -0.25) is 19.4 Å². The van der Waals surface area contributed by atoms with Crippen molar-refractivity contribution in [3.63, 3.8) is 0 Å². The number of hydrogen-bond acceptors (Lipinski definition) is 5. The number of carbonyl (C=O) groups is 3. The molecule has 1 rings (SSSR count). The number of nitrogens with one attached hydrogen (secondary N) is 2. The molecule has 0 saturated carbocycles. The molecule has 0 radical (unpaired) electrons. The summed E-state index contributed by atoms with van der Waals surface area (Å²) in [5, 5.41) is 5.48. The van der Waals surface area contributed by atoms with E-state index in [1.807, 2.05) is 41.5 Å². The smallest absolute Gasteiger partial charge is 0.272 e. The maximum absolute atomic E-state index is 12.8. The predicted molar refractivity (Wildman–Crippen MR) is 94.8 cm³/mol. The van der Waals surface area contributed by atoms with Crippen LogP contribution < -0.4 is 10.6 Å². The van der Waals surface area contributed by atoms with Crippen molar-refractivity contribution in [3.8, 4) is 0 Å². The van der Waals surface area contributed by atoms with Crippen LogP contribution in [0.2, 0.25) is 0 Å². The van der Waals surface area contributed by atoms with Crippen LogP contribution in [-0.2, 0) is 9.59 Å². The molecule has 0 aromatic carbocycles. The van der Waals surface area contributed by atoms with E-state index in [1.54, 1.807) is 0 Å². The lowest BCUT2D eigenvalue weighted by atomic mass is 9.82. The van der Waals surface area contributed by atoms with Crippen molar-refractivity contribution in [3.05, 3.63) is 24.3 Å². The summed E-state index contributed by atoms with van der Waals surface area (Å²) in [6.07, 6.45) is 4.21. The lowest BCUT2D eigenvalue weighted by Crippen LogP contribution is -2.58. The third kappa shape index (κ3) is 5.92. The van der Waals surface area contributed by atoms with Gasteiger partial charge in [-0.15, -0.1) is 0 Å². The Morgan fingerprint density at radius 1 is 0.920 bits per heavy atom. The largest absolute Gasteiger partial charge is 0.344 e. The molecule has 1 aromatic heterocycles. The fourth-order valence-corrected chi connectivity index (χ4v) is 2.45. The van der Waals surface area contributed by atoms with E-state index in [1.165, 1.54) is 25.5 Å². The van der Waals surface area contributed by atoms with Crippen LogP contribution in [0.15, 0.2) is 18.6 Å². The summed E-state index contributed by atoms with van der Waals surface area (Å²) in [6, 6.07) is -1.47. The first-order chi connectivity index (χ1) is 11.3. The molecule has 0 aliphatic heterocycles. The summed E-state index contributed by atoms with van der Waals surface area (Å²) >= 11 is 0. The molecule has 7 nitrogen and oxygen atoms in total. The lowest BCUT2D eigenvalue weighted by molar-refractivity contribution is -0.131. The molecule has 7 heteroatoms. The van der Waals surface area contributed by atoms with E-state index in [-0.39, 0.29) is 11.5 Å². The van der Waals surface area contributed by atoms with E-state index in [9.17, 15) is 14.4 Å². The van der Waals surface area contributed by atoms with Gasteiger partial charge in [-0.1, -0.05) is 41.5 Å².